The number of hydrogen-bond acceptors (Lipinski definition) is 3. The van der Waals surface area contributed by atoms with Gasteiger partial charge in [-0.15, -0.1) is 0 Å². The van der Waals surface area contributed by atoms with E-state index in [1.165, 1.54) is 6.20 Å². The molecule has 0 spiro atoms. The van der Waals surface area contributed by atoms with Gasteiger partial charge in [-0.25, -0.2) is 14.8 Å². The summed E-state index contributed by atoms with van der Waals surface area (Å²) in [6.07, 6.45) is 1.46. The summed E-state index contributed by atoms with van der Waals surface area (Å²) in [5, 5.41) is 9.20. The minimum Gasteiger partial charge on any atom is -0.475 e. The van der Waals surface area contributed by atoms with Crippen LogP contribution in [0.2, 0.25) is 0 Å². The fourth-order valence-corrected chi connectivity index (χ4v) is 0.913. The Hall–Kier alpha value is -1.23. The average Bonchev–Trinajstić information content (AvgIpc) is 1.88. The molecule has 1 aromatic rings. The van der Waals surface area contributed by atoms with Crippen molar-refractivity contribution >= 4 is 21.5 Å². The topological polar surface area (TPSA) is 63.1 Å². The lowest BCUT2D eigenvalue weighted by molar-refractivity contribution is 0.0684. The molecule has 10 heavy (non-hydrogen) atoms. The van der Waals surface area contributed by atoms with Crippen LogP contribution in [0.25, 0.3) is 0 Å². The van der Waals surface area contributed by atoms with Gasteiger partial charge in [-0.1, -0.05) is 0 Å². The van der Waals surface area contributed by atoms with Gasteiger partial charge in [0.15, 0.2) is 0 Å². The van der Waals surface area contributed by atoms with Gasteiger partial charge in [0.25, 0.3) is 0 Å². The molecular formula is C5H6N2O2Si. The fourth-order valence-electron chi connectivity index (χ4n) is 0.552. The smallest absolute Gasteiger partial charge is 0.373 e. The van der Waals surface area contributed by atoms with Crippen LogP contribution in [-0.2, 0) is 0 Å². The maximum atomic E-state index is 10.2. The molecule has 0 aliphatic rings. The van der Waals surface area contributed by atoms with Crippen LogP contribution in [0.4, 0.5) is 0 Å². The number of carboxylic acids is 1. The largest absolute Gasteiger partial charge is 0.475 e. The Morgan fingerprint density at radius 3 is 2.80 bits per heavy atom. The maximum absolute atomic E-state index is 10.2. The highest BCUT2D eigenvalue weighted by Crippen LogP contribution is 1.82. The van der Waals surface area contributed by atoms with Crippen molar-refractivity contribution in [2.45, 2.75) is 0 Å². The third kappa shape index (κ3) is 1.38. The monoisotopic (exact) mass is 154 g/mol. The van der Waals surface area contributed by atoms with Crippen molar-refractivity contribution in [1.82, 2.24) is 9.97 Å². The van der Waals surface area contributed by atoms with Crippen molar-refractivity contribution in [1.29, 1.82) is 0 Å². The predicted octanol–water partition coefficient (Wildman–Crippen LogP) is -1.83. The molecule has 1 N–H and O–H groups in total. The molecule has 1 heterocycles. The quantitative estimate of drug-likeness (QED) is 0.483. The van der Waals surface area contributed by atoms with Crippen molar-refractivity contribution < 1.29 is 9.90 Å². The van der Waals surface area contributed by atoms with Gasteiger partial charge in [0, 0.05) is 11.5 Å². The summed E-state index contributed by atoms with van der Waals surface area (Å²) in [4.78, 5) is 17.5. The number of hydrogen-bond donors (Lipinski definition) is 1. The van der Waals surface area contributed by atoms with Gasteiger partial charge >= 0.3 is 5.97 Å². The summed E-state index contributed by atoms with van der Waals surface area (Å²) in [7, 11) is 0.754. The highest BCUT2D eigenvalue weighted by Gasteiger charge is 2.03. The van der Waals surface area contributed by atoms with Gasteiger partial charge in [0.05, 0.1) is 10.2 Å². The molecule has 0 bridgehead atoms. The number of aromatic nitrogens is 2. The number of rotatable bonds is 1. The first kappa shape index (κ1) is 6.88. The third-order valence-electron chi connectivity index (χ3n) is 0.986. The molecule has 1 aromatic heterocycles. The van der Waals surface area contributed by atoms with E-state index in [4.69, 9.17) is 5.11 Å². The Morgan fingerprint density at radius 2 is 2.40 bits per heavy atom. The van der Waals surface area contributed by atoms with E-state index in [0.29, 0.717) is 0 Å². The molecule has 0 saturated heterocycles. The minimum atomic E-state index is -1.07. The molecule has 1 rings (SSSR count). The second-order valence-electron chi connectivity index (χ2n) is 1.83. The summed E-state index contributed by atoms with van der Waals surface area (Å²) < 4.78 is 0. The number of nitrogens with zero attached hydrogens (tertiary/aromatic N) is 2. The molecular weight excluding hydrogens is 148 g/mol. The molecule has 0 fully saturated rings. The lowest BCUT2D eigenvalue weighted by atomic mass is 10.6. The summed E-state index contributed by atoms with van der Waals surface area (Å²) in [6, 6.07) is 1.71. The van der Waals surface area contributed by atoms with Gasteiger partial charge in [0.2, 0.25) is 5.82 Å². The molecule has 0 atom stereocenters. The Balaban J connectivity index is 3.07. The molecule has 0 radical (unpaired) electrons. The summed E-state index contributed by atoms with van der Waals surface area (Å²) in [5.41, 5.74) is 0. The normalized spacial score (nSPS) is 9.60. The predicted molar refractivity (Wildman–Crippen MR) is 38.6 cm³/mol. The highest BCUT2D eigenvalue weighted by molar-refractivity contribution is 6.30. The number of aromatic carboxylic acids is 1. The molecule has 0 aromatic carbocycles. The summed E-state index contributed by atoms with van der Waals surface area (Å²) in [6.45, 7) is 0. The van der Waals surface area contributed by atoms with Crippen molar-refractivity contribution in [3.8, 4) is 0 Å². The Bertz CT molecular complexity index is 264. The zero-order valence-electron chi connectivity index (χ0n) is 5.40. The van der Waals surface area contributed by atoms with Crippen molar-refractivity contribution in [2.75, 3.05) is 0 Å². The van der Waals surface area contributed by atoms with Crippen LogP contribution in [0.1, 0.15) is 10.6 Å². The van der Waals surface area contributed by atoms with Crippen LogP contribution < -0.4 is 5.32 Å². The summed E-state index contributed by atoms with van der Waals surface area (Å²) in [5.74, 6) is -1.19. The van der Waals surface area contributed by atoms with Gasteiger partial charge < -0.3 is 5.11 Å². The van der Waals surface area contributed by atoms with E-state index in [2.05, 4.69) is 9.97 Å². The molecule has 4 nitrogen and oxygen atoms in total. The molecule has 0 aliphatic heterocycles. The molecule has 0 amide bonds. The Kier molecular flexibility index (Phi) is 1.77. The van der Waals surface area contributed by atoms with E-state index in [-0.39, 0.29) is 5.82 Å². The van der Waals surface area contributed by atoms with Crippen LogP contribution >= 0.6 is 0 Å². The van der Waals surface area contributed by atoms with Gasteiger partial charge in [-0.2, -0.15) is 0 Å². The molecule has 0 aliphatic carbocycles. The van der Waals surface area contributed by atoms with Crippen molar-refractivity contribution in [3.63, 3.8) is 0 Å². The highest BCUT2D eigenvalue weighted by atomic mass is 28.1. The van der Waals surface area contributed by atoms with E-state index in [0.717, 1.165) is 15.6 Å². The van der Waals surface area contributed by atoms with Crippen molar-refractivity contribution in [3.05, 3.63) is 18.1 Å². The van der Waals surface area contributed by atoms with Gasteiger partial charge in [-0.3, -0.25) is 0 Å². The third-order valence-corrected chi connectivity index (χ3v) is 1.54. The van der Waals surface area contributed by atoms with Gasteiger partial charge in [0.1, 0.15) is 0 Å². The number of carbonyl (C=O) groups is 1. The van der Waals surface area contributed by atoms with Crippen LogP contribution in [0.3, 0.4) is 0 Å². The Labute approximate surface area is 60.4 Å². The molecule has 5 heteroatoms. The first-order valence-corrected chi connectivity index (χ1v) is 3.73. The first-order chi connectivity index (χ1) is 4.70. The van der Waals surface area contributed by atoms with E-state index < -0.39 is 5.97 Å². The van der Waals surface area contributed by atoms with E-state index in [9.17, 15) is 4.79 Å². The SMILES string of the molecule is O=C(O)c1nccc([SiH3])n1. The van der Waals surface area contributed by atoms with Crippen molar-refractivity contribution in [2.24, 2.45) is 0 Å². The lowest BCUT2D eigenvalue weighted by Crippen LogP contribution is -2.14. The molecule has 0 saturated carbocycles. The second-order valence-corrected chi connectivity index (χ2v) is 2.85. The minimum absolute atomic E-state index is 0.118. The van der Waals surface area contributed by atoms with Crippen LogP contribution in [-0.4, -0.2) is 31.3 Å². The zero-order chi connectivity index (χ0) is 7.56. The lowest BCUT2D eigenvalue weighted by Gasteiger charge is -1.91. The number of carboxylic acid groups (broad SMARTS) is 1. The molecule has 0 unspecified atom stereocenters. The molecule has 52 valence electrons. The van der Waals surface area contributed by atoms with E-state index in [1.54, 1.807) is 6.07 Å². The maximum Gasteiger partial charge on any atom is 0.373 e. The van der Waals surface area contributed by atoms with Crippen LogP contribution in [0.15, 0.2) is 12.3 Å². The van der Waals surface area contributed by atoms with Gasteiger partial charge in [-0.05, 0) is 6.07 Å². The fraction of sp³-hybridized carbons (Fsp3) is 0. The Morgan fingerprint density at radius 1 is 1.70 bits per heavy atom. The standard InChI is InChI=1S/C5H6N2O2Si/c8-5(9)4-6-2-1-3(10)7-4/h1-2H,10H3,(H,8,9). The van der Waals surface area contributed by atoms with E-state index >= 15 is 0 Å². The average molecular weight is 154 g/mol. The first-order valence-electron chi connectivity index (χ1n) is 2.73. The van der Waals surface area contributed by atoms with Crippen LogP contribution in [0.5, 0.6) is 0 Å². The summed E-state index contributed by atoms with van der Waals surface area (Å²) >= 11 is 0. The zero-order valence-corrected chi connectivity index (χ0v) is 7.40. The van der Waals surface area contributed by atoms with Crippen LogP contribution in [0, 0.1) is 0 Å². The second kappa shape index (κ2) is 2.57. The van der Waals surface area contributed by atoms with E-state index in [1.807, 2.05) is 0 Å².